The Hall–Kier alpha value is 1.23. The molecule has 4 heteroatoms. The van der Waals surface area contributed by atoms with Gasteiger partial charge in [0.25, 0.3) is 0 Å². The molecule has 0 aliphatic rings. The quantitative estimate of drug-likeness (QED) is 0.513. The molecule has 110 valence electrons. The molecule has 0 aliphatic carbocycles. The average Bonchev–Trinajstić information content (AvgIpc) is 2.19. The molecule has 0 spiro atoms. The maximum atomic E-state index is 10.9. The average molecular weight is 300 g/mol. The first-order valence-electron chi connectivity index (χ1n) is 7.10. The Bertz CT molecular complexity index is 278. The Morgan fingerprint density at radius 3 is 1.63 bits per heavy atom. The summed E-state index contributed by atoms with van der Waals surface area (Å²) in [6.07, 6.45) is 0.330. The Balaban J connectivity index is -0.00000162. The Labute approximate surface area is 164 Å². The van der Waals surface area contributed by atoms with E-state index < -0.39 is 6.26 Å². The van der Waals surface area contributed by atoms with Gasteiger partial charge in [-0.3, -0.25) is 0 Å². The molecule has 0 aromatic carbocycles. The van der Waals surface area contributed by atoms with E-state index in [1.165, 1.54) is 0 Å². The van der Waals surface area contributed by atoms with Gasteiger partial charge < -0.3 is 15.7 Å². The van der Waals surface area contributed by atoms with Crippen LogP contribution in [0.25, 0.3) is 0 Å². The zero-order valence-corrected chi connectivity index (χ0v) is 17.2. The second kappa shape index (κ2) is 9.29. The number of hydrogen-bond acceptors (Lipinski definition) is 3. The molecule has 0 aliphatic heterocycles. The van der Waals surface area contributed by atoms with E-state index in [1.54, 1.807) is 0 Å². The normalized spacial score (nSPS) is 13.7. The smallest absolute Gasteiger partial charge is 1.00 e. The molecule has 3 nitrogen and oxygen atoms in total. The zero-order valence-electron chi connectivity index (χ0n) is 16.1. The van der Waals surface area contributed by atoms with Crippen molar-refractivity contribution in [1.29, 1.82) is 0 Å². The third-order valence-electron chi connectivity index (χ3n) is 2.54. The molecule has 0 saturated heterocycles. The first-order valence-corrected chi connectivity index (χ1v) is 6.60. The summed E-state index contributed by atoms with van der Waals surface area (Å²) in [5, 5.41) is 0. The van der Waals surface area contributed by atoms with Gasteiger partial charge in [-0.15, -0.1) is 0 Å². The SMILES string of the molecule is [2H]C(=O)CCC(C)(COC(C)(C)C)COC(C)(C)C.[H-].[K+]. The summed E-state index contributed by atoms with van der Waals surface area (Å²) in [6, 6.07) is 0. The molecule has 0 N–H and O–H groups in total. The van der Waals surface area contributed by atoms with E-state index in [9.17, 15) is 4.79 Å². The molecule has 0 amide bonds. The number of carbonyl (C=O) groups excluding carboxylic acids is 1. The van der Waals surface area contributed by atoms with Gasteiger partial charge in [0.15, 0.2) is 0 Å². The van der Waals surface area contributed by atoms with Gasteiger partial charge >= 0.3 is 51.4 Å². The van der Waals surface area contributed by atoms with Crippen molar-refractivity contribution in [3.8, 4) is 0 Å². The van der Waals surface area contributed by atoms with Crippen molar-refractivity contribution in [3.05, 3.63) is 0 Å². The second-order valence-corrected chi connectivity index (χ2v) is 7.26. The summed E-state index contributed by atoms with van der Waals surface area (Å²) in [6.45, 7) is 15.1. The largest absolute Gasteiger partial charge is 1.00 e. The summed E-state index contributed by atoms with van der Waals surface area (Å²) in [5.74, 6) is 0. The molecule has 0 aromatic rings. The fraction of sp³-hybridized carbons (Fsp3) is 0.933. The topological polar surface area (TPSA) is 35.5 Å². The van der Waals surface area contributed by atoms with Crippen LogP contribution in [0.5, 0.6) is 0 Å². The molecule has 0 saturated carbocycles. The fourth-order valence-electron chi connectivity index (χ4n) is 1.32. The van der Waals surface area contributed by atoms with Crippen LogP contribution in [-0.2, 0) is 14.3 Å². The molecule has 0 bridgehead atoms. The third-order valence-corrected chi connectivity index (χ3v) is 2.54. The monoisotopic (exact) mass is 299 g/mol. The second-order valence-electron chi connectivity index (χ2n) is 7.26. The van der Waals surface area contributed by atoms with E-state index in [-0.39, 0.29) is 75.8 Å². The van der Waals surface area contributed by atoms with Gasteiger partial charge in [-0.05, 0) is 48.0 Å². The van der Waals surface area contributed by atoms with Gasteiger partial charge in [0, 0.05) is 11.8 Å². The van der Waals surface area contributed by atoms with Gasteiger partial charge in [-0.2, -0.15) is 0 Å². The van der Waals surface area contributed by atoms with Crippen LogP contribution in [0.2, 0.25) is 0 Å². The van der Waals surface area contributed by atoms with Crippen LogP contribution in [0.15, 0.2) is 0 Å². The molecule has 0 atom stereocenters. The number of ether oxygens (including phenoxy) is 2. The van der Waals surface area contributed by atoms with Crippen molar-refractivity contribution in [3.63, 3.8) is 0 Å². The Morgan fingerprint density at radius 2 is 1.37 bits per heavy atom. The van der Waals surface area contributed by atoms with Crippen LogP contribution in [0.3, 0.4) is 0 Å². The number of carbonyl (C=O) groups is 1. The zero-order chi connectivity index (χ0) is 15.3. The molecule has 0 radical (unpaired) electrons. The van der Waals surface area contributed by atoms with Crippen LogP contribution in [-0.4, -0.2) is 30.7 Å². The van der Waals surface area contributed by atoms with E-state index in [0.717, 1.165) is 0 Å². The minimum absolute atomic E-state index is 0. The molecule has 0 heterocycles. The molecular formula is C15H31KO3. The summed E-state index contributed by atoms with van der Waals surface area (Å²) >= 11 is 0. The maximum absolute atomic E-state index is 10.9. The van der Waals surface area contributed by atoms with E-state index >= 15 is 0 Å². The standard InChI is InChI=1S/C15H30O3.K.H/c1-13(2,3)17-11-15(7,9-8-10-16)12-18-14(4,5)6;;/h10H,8-9,11-12H2,1-7H3;;/q;+1;-1/i10D;;. The molecule has 0 fully saturated rings. The molecular weight excluding hydrogens is 267 g/mol. The maximum Gasteiger partial charge on any atom is 1.00 e. The van der Waals surface area contributed by atoms with Crippen LogP contribution in [0.4, 0.5) is 0 Å². The first kappa shape index (κ1) is 20.2. The summed E-state index contributed by atoms with van der Waals surface area (Å²) < 4.78 is 18.7. The van der Waals surface area contributed by atoms with Crippen LogP contribution >= 0.6 is 0 Å². The predicted octanol–water partition coefficient (Wildman–Crippen LogP) is 0.719. The van der Waals surface area contributed by atoms with Gasteiger partial charge in [-0.1, -0.05) is 6.92 Å². The fourth-order valence-corrected chi connectivity index (χ4v) is 1.32. The molecule has 0 unspecified atom stereocenters. The van der Waals surface area contributed by atoms with Crippen LogP contribution < -0.4 is 51.4 Å². The van der Waals surface area contributed by atoms with E-state index in [2.05, 4.69) is 0 Å². The molecule has 0 rings (SSSR count). The van der Waals surface area contributed by atoms with Gasteiger partial charge in [0.1, 0.15) is 7.63 Å². The number of rotatable bonds is 7. The van der Waals surface area contributed by atoms with Crippen molar-refractivity contribution >= 4 is 6.26 Å². The first-order chi connectivity index (χ1) is 8.33. The molecule has 0 aromatic heterocycles. The van der Waals surface area contributed by atoms with Gasteiger partial charge in [0.05, 0.1) is 24.4 Å². The predicted molar refractivity (Wildman–Crippen MR) is 75.9 cm³/mol. The van der Waals surface area contributed by atoms with Crippen molar-refractivity contribution in [2.45, 2.75) is 72.5 Å². The third kappa shape index (κ3) is 13.9. The van der Waals surface area contributed by atoms with Crippen LogP contribution in [0, 0.1) is 5.41 Å². The summed E-state index contributed by atoms with van der Waals surface area (Å²) in [4.78, 5) is 10.9. The molecule has 19 heavy (non-hydrogen) atoms. The van der Waals surface area contributed by atoms with Gasteiger partial charge in [-0.25, -0.2) is 0 Å². The number of aldehydes is 1. The minimum Gasteiger partial charge on any atom is -1.00 e. The van der Waals surface area contributed by atoms with Crippen molar-refractivity contribution < 1.29 is 68.5 Å². The van der Waals surface area contributed by atoms with E-state index in [4.69, 9.17) is 10.8 Å². The van der Waals surface area contributed by atoms with Crippen molar-refractivity contribution in [2.24, 2.45) is 5.41 Å². The number of hydrogen-bond donors (Lipinski definition) is 0. The summed E-state index contributed by atoms with van der Waals surface area (Å²) in [7, 11) is 0. The summed E-state index contributed by atoms with van der Waals surface area (Å²) in [5.41, 5.74) is -0.667. The van der Waals surface area contributed by atoms with Crippen molar-refractivity contribution in [2.75, 3.05) is 13.2 Å². The minimum atomic E-state index is -0.530. The van der Waals surface area contributed by atoms with Gasteiger partial charge in [0.2, 0.25) is 0 Å². The van der Waals surface area contributed by atoms with Crippen molar-refractivity contribution in [1.82, 2.24) is 0 Å². The Morgan fingerprint density at radius 1 is 1.00 bits per heavy atom. The van der Waals surface area contributed by atoms with Crippen LogP contribution in [0.1, 0.15) is 64.1 Å². The van der Waals surface area contributed by atoms with E-state index in [0.29, 0.717) is 19.6 Å². The van der Waals surface area contributed by atoms with E-state index in [1.807, 2.05) is 48.5 Å². The Kier molecular flexibility index (Phi) is 9.89.